The number of alkyl halides is 1. The van der Waals surface area contributed by atoms with Gasteiger partial charge in [-0.25, -0.2) is 0 Å². The molecule has 1 amide bonds. The van der Waals surface area contributed by atoms with Crippen LogP contribution >= 0.6 is 11.6 Å². The summed E-state index contributed by atoms with van der Waals surface area (Å²) in [5.41, 5.74) is 0.617. The van der Waals surface area contributed by atoms with Crippen molar-refractivity contribution in [1.82, 2.24) is 5.32 Å². The number of amides is 1. The molecule has 0 fully saturated rings. The van der Waals surface area contributed by atoms with Gasteiger partial charge in [0.25, 0.3) is 5.91 Å². The van der Waals surface area contributed by atoms with E-state index in [2.05, 4.69) is 19.2 Å². The second-order valence-corrected chi connectivity index (χ2v) is 4.97. The summed E-state index contributed by atoms with van der Waals surface area (Å²) in [6, 6.07) is 1.70. The summed E-state index contributed by atoms with van der Waals surface area (Å²) in [4.78, 5) is 12.0. The summed E-state index contributed by atoms with van der Waals surface area (Å²) in [5.74, 6) is 1.07. The van der Waals surface area contributed by atoms with E-state index in [-0.39, 0.29) is 11.3 Å². The fourth-order valence-corrected chi connectivity index (χ4v) is 2.50. The smallest absolute Gasteiger partial charge is 0.254 e. The van der Waals surface area contributed by atoms with Gasteiger partial charge in [-0.05, 0) is 12.0 Å². The van der Waals surface area contributed by atoms with Crippen molar-refractivity contribution in [3.63, 3.8) is 0 Å². The van der Waals surface area contributed by atoms with Gasteiger partial charge in [-0.2, -0.15) is 0 Å². The highest BCUT2D eigenvalue weighted by molar-refractivity contribution is 6.21. The Morgan fingerprint density at radius 2 is 2.06 bits per heavy atom. The van der Waals surface area contributed by atoms with Crippen molar-refractivity contribution in [3.8, 4) is 0 Å². The van der Waals surface area contributed by atoms with E-state index < -0.39 is 0 Å². The summed E-state index contributed by atoms with van der Waals surface area (Å²) < 4.78 is 5.24. The summed E-state index contributed by atoms with van der Waals surface area (Å²) in [6.45, 7) is 6.71. The van der Waals surface area contributed by atoms with E-state index in [1.54, 1.807) is 12.3 Å². The van der Waals surface area contributed by atoms with Gasteiger partial charge in [0, 0.05) is 13.0 Å². The molecule has 1 N–H and O–H groups in total. The van der Waals surface area contributed by atoms with Crippen LogP contribution in [0.15, 0.2) is 16.7 Å². The molecule has 1 heterocycles. The SMILES string of the molecule is CCc1occc1C(=O)NCC(Cl)C(CC)CC. The molecule has 18 heavy (non-hydrogen) atoms. The van der Waals surface area contributed by atoms with Crippen LogP contribution in [0.5, 0.6) is 0 Å². The fourth-order valence-electron chi connectivity index (χ4n) is 2.07. The normalized spacial score (nSPS) is 12.7. The van der Waals surface area contributed by atoms with Crippen molar-refractivity contribution in [1.29, 1.82) is 0 Å². The molecular weight excluding hydrogens is 250 g/mol. The number of rotatable bonds is 7. The Morgan fingerprint density at radius 3 is 2.61 bits per heavy atom. The number of nitrogens with one attached hydrogen (secondary N) is 1. The van der Waals surface area contributed by atoms with Crippen LogP contribution in [0, 0.1) is 5.92 Å². The van der Waals surface area contributed by atoms with Crippen molar-refractivity contribution in [2.75, 3.05) is 6.54 Å². The Balaban J connectivity index is 2.51. The van der Waals surface area contributed by atoms with Crippen LogP contribution in [0.25, 0.3) is 0 Å². The fraction of sp³-hybridized carbons (Fsp3) is 0.643. The van der Waals surface area contributed by atoms with E-state index in [1.807, 2.05) is 6.92 Å². The minimum atomic E-state index is -0.0998. The zero-order valence-electron chi connectivity index (χ0n) is 11.3. The first kappa shape index (κ1) is 15.1. The van der Waals surface area contributed by atoms with Gasteiger partial charge >= 0.3 is 0 Å². The average molecular weight is 272 g/mol. The van der Waals surface area contributed by atoms with Crippen LogP contribution in [-0.2, 0) is 6.42 Å². The lowest BCUT2D eigenvalue weighted by Crippen LogP contribution is -2.33. The standard InChI is InChI=1S/C14H22ClNO2/c1-4-10(5-2)12(15)9-16-14(17)11-7-8-18-13(11)6-3/h7-8,10,12H,4-6,9H2,1-3H3,(H,16,17). The Morgan fingerprint density at radius 1 is 1.39 bits per heavy atom. The Kier molecular flexibility index (Phi) is 6.27. The number of hydrogen-bond acceptors (Lipinski definition) is 2. The maximum absolute atomic E-state index is 12.0. The monoisotopic (exact) mass is 271 g/mol. The van der Waals surface area contributed by atoms with E-state index in [0.717, 1.165) is 18.6 Å². The highest BCUT2D eigenvalue weighted by Gasteiger charge is 2.18. The lowest BCUT2D eigenvalue weighted by atomic mass is 9.99. The highest BCUT2D eigenvalue weighted by atomic mass is 35.5. The Labute approximate surface area is 114 Å². The van der Waals surface area contributed by atoms with Crippen LogP contribution in [0.1, 0.15) is 49.7 Å². The first-order valence-electron chi connectivity index (χ1n) is 6.62. The van der Waals surface area contributed by atoms with E-state index in [9.17, 15) is 4.79 Å². The van der Waals surface area contributed by atoms with Gasteiger partial charge in [-0.1, -0.05) is 33.6 Å². The maximum Gasteiger partial charge on any atom is 0.254 e. The first-order chi connectivity index (χ1) is 8.63. The summed E-state index contributed by atoms with van der Waals surface area (Å²) in [6.07, 6.45) is 4.33. The molecule has 0 saturated heterocycles. The van der Waals surface area contributed by atoms with E-state index in [0.29, 0.717) is 24.4 Å². The molecule has 0 saturated carbocycles. The van der Waals surface area contributed by atoms with Crippen molar-refractivity contribution in [2.45, 2.75) is 45.4 Å². The largest absolute Gasteiger partial charge is 0.469 e. The lowest BCUT2D eigenvalue weighted by Gasteiger charge is -2.19. The predicted molar refractivity (Wildman–Crippen MR) is 74.1 cm³/mol. The molecule has 4 heteroatoms. The third-order valence-corrected chi connectivity index (χ3v) is 3.84. The van der Waals surface area contributed by atoms with E-state index >= 15 is 0 Å². The summed E-state index contributed by atoms with van der Waals surface area (Å²) in [7, 11) is 0. The quantitative estimate of drug-likeness (QED) is 0.770. The van der Waals surface area contributed by atoms with Crippen LogP contribution in [0.3, 0.4) is 0 Å². The molecule has 3 nitrogen and oxygen atoms in total. The molecular formula is C14H22ClNO2. The zero-order chi connectivity index (χ0) is 13.5. The second-order valence-electron chi connectivity index (χ2n) is 4.41. The van der Waals surface area contributed by atoms with Gasteiger partial charge < -0.3 is 9.73 Å². The number of carbonyl (C=O) groups excluding carboxylic acids is 1. The second kappa shape index (κ2) is 7.47. The summed E-state index contributed by atoms with van der Waals surface area (Å²) >= 11 is 6.29. The minimum absolute atomic E-state index is 0.0130. The van der Waals surface area contributed by atoms with Crippen molar-refractivity contribution < 1.29 is 9.21 Å². The number of furan rings is 1. The molecule has 1 aromatic heterocycles. The number of carbonyl (C=O) groups is 1. The highest BCUT2D eigenvalue weighted by Crippen LogP contribution is 2.18. The van der Waals surface area contributed by atoms with Gasteiger partial charge in [-0.15, -0.1) is 11.6 Å². The van der Waals surface area contributed by atoms with Crippen LogP contribution < -0.4 is 5.32 Å². The Hall–Kier alpha value is -0.960. The number of hydrogen-bond donors (Lipinski definition) is 1. The molecule has 0 bridgehead atoms. The molecule has 0 aliphatic rings. The number of halogens is 1. The minimum Gasteiger partial charge on any atom is -0.469 e. The average Bonchev–Trinajstić information content (AvgIpc) is 2.85. The third-order valence-electron chi connectivity index (χ3n) is 3.33. The molecule has 0 aliphatic heterocycles. The molecule has 0 radical (unpaired) electrons. The molecule has 102 valence electrons. The molecule has 1 atom stereocenters. The molecule has 1 rings (SSSR count). The van der Waals surface area contributed by atoms with E-state index in [4.69, 9.17) is 16.0 Å². The zero-order valence-corrected chi connectivity index (χ0v) is 12.1. The van der Waals surface area contributed by atoms with Crippen LogP contribution in [0.2, 0.25) is 0 Å². The Bertz CT molecular complexity index is 372. The molecule has 1 aromatic rings. The molecule has 0 aliphatic carbocycles. The maximum atomic E-state index is 12.0. The van der Waals surface area contributed by atoms with Crippen molar-refractivity contribution >= 4 is 17.5 Å². The van der Waals surface area contributed by atoms with Crippen molar-refractivity contribution in [2.24, 2.45) is 5.92 Å². The first-order valence-corrected chi connectivity index (χ1v) is 7.06. The van der Waals surface area contributed by atoms with Crippen LogP contribution in [-0.4, -0.2) is 17.8 Å². The third kappa shape index (κ3) is 3.77. The van der Waals surface area contributed by atoms with Crippen molar-refractivity contribution in [3.05, 3.63) is 23.7 Å². The van der Waals surface area contributed by atoms with Gasteiger partial charge in [0.05, 0.1) is 17.2 Å². The van der Waals surface area contributed by atoms with Gasteiger partial charge in [0.15, 0.2) is 0 Å². The lowest BCUT2D eigenvalue weighted by molar-refractivity contribution is 0.0949. The van der Waals surface area contributed by atoms with Crippen LogP contribution in [0.4, 0.5) is 0 Å². The predicted octanol–water partition coefficient (Wildman–Crippen LogP) is 3.62. The van der Waals surface area contributed by atoms with Gasteiger partial charge in [-0.3, -0.25) is 4.79 Å². The number of aryl methyl sites for hydroxylation is 1. The van der Waals surface area contributed by atoms with Gasteiger partial charge in [0.2, 0.25) is 0 Å². The molecule has 0 aromatic carbocycles. The molecule has 1 unspecified atom stereocenters. The molecule has 0 spiro atoms. The summed E-state index contributed by atoms with van der Waals surface area (Å²) in [5, 5.41) is 2.86. The topological polar surface area (TPSA) is 42.2 Å². The van der Waals surface area contributed by atoms with E-state index in [1.165, 1.54) is 0 Å². The van der Waals surface area contributed by atoms with Gasteiger partial charge in [0.1, 0.15) is 5.76 Å².